The van der Waals surface area contributed by atoms with Crippen molar-refractivity contribution in [2.24, 2.45) is 5.92 Å². The fraction of sp³-hybridized carbons (Fsp3) is 0.474. The molecule has 0 saturated carbocycles. The lowest BCUT2D eigenvalue weighted by atomic mass is 9.92. The minimum Gasteiger partial charge on any atom is -0.466 e. The molecule has 6 heteroatoms. The molecule has 0 radical (unpaired) electrons. The first-order valence-electron chi connectivity index (χ1n) is 8.51. The van der Waals surface area contributed by atoms with Gasteiger partial charge in [0, 0.05) is 6.54 Å². The second-order valence-electron chi connectivity index (χ2n) is 5.96. The van der Waals surface area contributed by atoms with E-state index in [0.717, 1.165) is 5.56 Å². The highest BCUT2D eigenvalue weighted by Crippen LogP contribution is 2.29. The van der Waals surface area contributed by atoms with E-state index in [1.165, 1.54) is 4.90 Å². The molecule has 1 heterocycles. The van der Waals surface area contributed by atoms with Crippen molar-refractivity contribution in [1.82, 2.24) is 4.90 Å². The Morgan fingerprint density at radius 3 is 2.72 bits per heavy atom. The Balaban J connectivity index is 2.07. The van der Waals surface area contributed by atoms with E-state index in [-0.39, 0.29) is 13.2 Å². The summed E-state index contributed by atoms with van der Waals surface area (Å²) in [6.45, 7) is 6.11. The summed E-state index contributed by atoms with van der Waals surface area (Å²) < 4.78 is 10.5. The van der Waals surface area contributed by atoms with Gasteiger partial charge in [0.1, 0.15) is 6.61 Å². The van der Waals surface area contributed by atoms with Gasteiger partial charge in [-0.2, -0.15) is 0 Å². The maximum atomic E-state index is 12.5. The van der Waals surface area contributed by atoms with Gasteiger partial charge in [-0.3, -0.25) is 4.79 Å². The Bertz CT molecular complexity index is 589. The molecule has 1 amide bonds. The van der Waals surface area contributed by atoms with Crippen LogP contribution in [0.2, 0.25) is 0 Å². The summed E-state index contributed by atoms with van der Waals surface area (Å²) in [5.74, 6) is -1.09. The summed E-state index contributed by atoms with van der Waals surface area (Å²) in [4.78, 5) is 26.2. The molecular weight excluding hydrogens is 322 g/mol. The van der Waals surface area contributed by atoms with Crippen molar-refractivity contribution < 1.29 is 24.2 Å². The van der Waals surface area contributed by atoms with E-state index in [9.17, 15) is 14.7 Å². The van der Waals surface area contributed by atoms with Crippen molar-refractivity contribution in [3.05, 3.63) is 48.6 Å². The van der Waals surface area contributed by atoms with Crippen LogP contribution in [-0.2, 0) is 20.9 Å². The minimum absolute atomic E-state index is 0.143. The number of esters is 1. The molecule has 0 aliphatic carbocycles. The molecule has 1 aromatic carbocycles. The van der Waals surface area contributed by atoms with Gasteiger partial charge in [-0.1, -0.05) is 36.4 Å². The number of carbonyl (C=O) groups excluding carboxylic acids is 2. The largest absolute Gasteiger partial charge is 0.466 e. The van der Waals surface area contributed by atoms with Crippen LogP contribution in [0.25, 0.3) is 0 Å². The van der Waals surface area contributed by atoms with Crippen LogP contribution in [0.4, 0.5) is 4.79 Å². The number of likely N-dealkylation sites (tertiary alicyclic amines) is 1. The number of aliphatic hydroxyl groups excluding tert-OH is 1. The second kappa shape index (κ2) is 9.22. The van der Waals surface area contributed by atoms with Crippen molar-refractivity contribution in [3.8, 4) is 0 Å². The monoisotopic (exact) mass is 347 g/mol. The standard InChI is InChI=1S/C19H25NO5/c1-3-8-15(18(22)24-4-2)17-16(21)11-12-20(17)19(23)25-13-14-9-6-5-7-10-14/h3,5-7,9-10,15-17,21H,1,4,8,11-13H2,2H3/t15?,16-,17+/m0/s1. The lowest BCUT2D eigenvalue weighted by Crippen LogP contribution is -2.47. The highest BCUT2D eigenvalue weighted by molar-refractivity contribution is 5.76. The molecule has 0 aromatic heterocycles. The Kier molecular flexibility index (Phi) is 7.01. The Morgan fingerprint density at radius 1 is 1.36 bits per heavy atom. The molecule has 136 valence electrons. The SMILES string of the molecule is C=CCC(C(=O)OCC)[C@@H]1[C@@H](O)CCN1C(=O)OCc1ccccc1. The van der Waals surface area contributed by atoms with E-state index in [1.54, 1.807) is 13.0 Å². The third-order valence-corrected chi connectivity index (χ3v) is 4.28. The summed E-state index contributed by atoms with van der Waals surface area (Å²) in [6.07, 6.45) is 0.990. The van der Waals surface area contributed by atoms with Crippen molar-refractivity contribution in [2.75, 3.05) is 13.2 Å². The van der Waals surface area contributed by atoms with Gasteiger partial charge < -0.3 is 19.5 Å². The first-order valence-corrected chi connectivity index (χ1v) is 8.51. The van der Waals surface area contributed by atoms with Crippen LogP contribution in [0, 0.1) is 5.92 Å². The van der Waals surface area contributed by atoms with Crippen LogP contribution >= 0.6 is 0 Å². The third kappa shape index (κ3) is 4.82. The van der Waals surface area contributed by atoms with Gasteiger partial charge in [0.15, 0.2) is 0 Å². The minimum atomic E-state index is -0.793. The molecule has 6 nitrogen and oxygen atoms in total. The summed E-state index contributed by atoms with van der Waals surface area (Å²) in [6, 6.07) is 8.68. The average molecular weight is 347 g/mol. The zero-order valence-electron chi connectivity index (χ0n) is 14.5. The second-order valence-corrected chi connectivity index (χ2v) is 5.96. The smallest absolute Gasteiger partial charge is 0.410 e. The summed E-state index contributed by atoms with van der Waals surface area (Å²) in [7, 11) is 0. The number of hydrogen-bond donors (Lipinski definition) is 1. The maximum absolute atomic E-state index is 12.5. The van der Waals surface area contributed by atoms with Gasteiger partial charge in [0.25, 0.3) is 0 Å². The molecule has 0 spiro atoms. The first-order chi connectivity index (χ1) is 12.1. The first kappa shape index (κ1) is 19.0. The van der Waals surface area contributed by atoms with Crippen LogP contribution in [-0.4, -0.2) is 47.4 Å². The maximum Gasteiger partial charge on any atom is 0.410 e. The van der Waals surface area contributed by atoms with E-state index < -0.39 is 30.1 Å². The van der Waals surface area contributed by atoms with Crippen LogP contribution < -0.4 is 0 Å². The predicted molar refractivity (Wildman–Crippen MR) is 92.7 cm³/mol. The predicted octanol–water partition coefficient (Wildman–Crippen LogP) is 2.51. The van der Waals surface area contributed by atoms with Gasteiger partial charge in [-0.05, 0) is 25.3 Å². The summed E-state index contributed by atoms with van der Waals surface area (Å²) in [5, 5.41) is 10.3. The van der Waals surface area contributed by atoms with Crippen molar-refractivity contribution in [2.45, 2.75) is 38.5 Å². The number of amides is 1. The molecule has 0 bridgehead atoms. The van der Waals surface area contributed by atoms with E-state index in [4.69, 9.17) is 9.47 Å². The van der Waals surface area contributed by atoms with Crippen molar-refractivity contribution in [1.29, 1.82) is 0 Å². The quantitative estimate of drug-likeness (QED) is 0.606. The molecule has 1 unspecified atom stereocenters. The fourth-order valence-electron chi connectivity index (χ4n) is 3.10. The molecule has 1 saturated heterocycles. The lowest BCUT2D eigenvalue weighted by molar-refractivity contribution is -0.151. The normalized spacial score (nSPS) is 20.8. The molecule has 1 fully saturated rings. The Morgan fingerprint density at radius 2 is 2.08 bits per heavy atom. The number of nitrogens with zero attached hydrogens (tertiary/aromatic N) is 1. The number of benzene rings is 1. The van der Waals surface area contributed by atoms with Crippen molar-refractivity contribution >= 4 is 12.1 Å². The number of rotatable bonds is 7. The lowest BCUT2D eigenvalue weighted by Gasteiger charge is -2.31. The van der Waals surface area contributed by atoms with E-state index in [2.05, 4.69) is 6.58 Å². The Labute approximate surface area is 148 Å². The number of ether oxygens (including phenoxy) is 2. The highest BCUT2D eigenvalue weighted by atomic mass is 16.6. The van der Waals surface area contributed by atoms with E-state index >= 15 is 0 Å². The van der Waals surface area contributed by atoms with Crippen LogP contribution in [0.15, 0.2) is 43.0 Å². The summed E-state index contributed by atoms with van der Waals surface area (Å²) in [5.41, 5.74) is 0.875. The van der Waals surface area contributed by atoms with Crippen LogP contribution in [0.5, 0.6) is 0 Å². The van der Waals surface area contributed by atoms with Crippen LogP contribution in [0.3, 0.4) is 0 Å². The molecule has 2 rings (SSSR count). The molecule has 25 heavy (non-hydrogen) atoms. The van der Waals surface area contributed by atoms with Crippen molar-refractivity contribution in [3.63, 3.8) is 0 Å². The zero-order chi connectivity index (χ0) is 18.2. The molecule has 1 aliphatic rings. The fourth-order valence-corrected chi connectivity index (χ4v) is 3.10. The van der Waals surface area contributed by atoms with Gasteiger partial charge in [-0.25, -0.2) is 4.79 Å². The number of allylic oxidation sites excluding steroid dienone is 1. The topological polar surface area (TPSA) is 76.1 Å². The van der Waals surface area contributed by atoms with Gasteiger partial charge in [0.05, 0.1) is 24.7 Å². The molecule has 1 N–H and O–H groups in total. The number of hydrogen-bond acceptors (Lipinski definition) is 5. The Hall–Kier alpha value is -2.34. The van der Waals surface area contributed by atoms with Gasteiger partial charge in [0.2, 0.25) is 0 Å². The molecule has 1 aliphatic heterocycles. The number of carbonyl (C=O) groups is 2. The van der Waals surface area contributed by atoms with E-state index in [0.29, 0.717) is 19.4 Å². The number of aliphatic hydroxyl groups is 1. The average Bonchev–Trinajstić information content (AvgIpc) is 3.00. The van der Waals surface area contributed by atoms with Gasteiger partial charge in [-0.15, -0.1) is 6.58 Å². The zero-order valence-corrected chi connectivity index (χ0v) is 14.5. The highest BCUT2D eigenvalue weighted by Gasteiger charge is 2.44. The molecule has 3 atom stereocenters. The van der Waals surface area contributed by atoms with E-state index in [1.807, 2.05) is 30.3 Å². The van der Waals surface area contributed by atoms with Crippen LogP contribution in [0.1, 0.15) is 25.3 Å². The van der Waals surface area contributed by atoms with Gasteiger partial charge >= 0.3 is 12.1 Å². The summed E-state index contributed by atoms with van der Waals surface area (Å²) >= 11 is 0. The third-order valence-electron chi connectivity index (χ3n) is 4.28. The molecular formula is C19H25NO5. The molecule has 1 aromatic rings.